The highest BCUT2D eigenvalue weighted by molar-refractivity contribution is 7.89. The van der Waals surface area contributed by atoms with Crippen molar-refractivity contribution in [2.24, 2.45) is 5.10 Å². The number of phenols is 1. The highest BCUT2D eigenvalue weighted by Crippen LogP contribution is 2.34. The van der Waals surface area contributed by atoms with E-state index in [-0.39, 0.29) is 27.2 Å². The first-order valence-corrected chi connectivity index (χ1v) is 9.49. The molecule has 2 aromatic carbocycles. The second-order valence-electron chi connectivity index (χ2n) is 5.29. The maximum absolute atomic E-state index is 12.4. The summed E-state index contributed by atoms with van der Waals surface area (Å²) in [4.78, 5) is 2.11. The van der Waals surface area contributed by atoms with Gasteiger partial charge in [0, 0.05) is 0 Å². The SMILES string of the molecule is CCOc1cc(/C=N/NS(=O)(=O)c2cc(C)ccc2OC)cc(Cl)c1O. The minimum Gasteiger partial charge on any atom is -0.503 e. The summed E-state index contributed by atoms with van der Waals surface area (Å²) in [5, 5.41) is 13.6. The van der Waals surface area contributed by atoms with Gasteiger partial charge in [0.25, 0.3) is 10.0 Å². The van der Waals surface area contributed by atoms with Crippen molar-refractivity contribution in [3.63, 3.8) is 0 Å². The Morgan fingerprint density at radius 1 is 1.27 bits per heavy atom. The Balaban J connectivity index is 2.26. The number of methoxy groups -OCH3 is 1. The number of sulfonamides is 1. The Bertz CT molecular complexity index is 929. The van der Waals surface area contributed by atoms with Gasteiger partial charge in [0.1, 0.15) is 10.6 Å². The third-order valence-electron chi connectivity index (χ3n) is 3.35. The first kappa shape index (κ1) is 19.9. The second kappa shape index (κ2) is 8.29. The zero-order valence-corrected chi connectivity index (χ0v) is 16.1. The van der Waals surface area contributed by atoms with Gasteiger partial charge in [-0.3, -0.25) is 0 Å². The maximum atomic E-state index is 12.4. The van der Waals surface area contributed by atoms with Crippen LogP contribution in [0.25, 0.3) is 0 Å². The monoisotopic (exact) mass is 398 g/mol. The number of nitrogens with zero attached hydrogens (tertiary/aromatic N) is 1. The van der Waals surface area contributed by atoms with E-state index in [1.165, 1.54) is 31.5 Å². The Labute approximate surface area is 157 Å². The van der Waals surface area contributed by atoms with E-state index in [1.54, 1.807) is 26.0 Å². The normalized spacial score (nSPS) is 11.5. The van der Waals surface area contributed by atoms with Crippen molar-refractivity contribution < 1.29 is 23.0 Å². The van der Waals surface area contributed by atoms with Crippen molar-refractivity contribution in [3.8, 4) is 17.2 Å². The summed E-state index contributed by atoms with van der Waals surface area (Å²) in [6.45, 7) is 3.87. The first-order chi connectivity index (χ1) is 12.3. The molecule has 0 amide bonds. The van der Waals surface area contributed by atoms with Crippen LogP contribution in [0.1, 0.15) is 18.1 Å². The fourth-order valence-electron chi connectivity index (χ4n) is 2.15. The number of benzene rings is 2. The quantitative estimate of drug-likeness (QED) is 0.551. The molecule has 0 heterocycles. The molecule has 0 aliphatic rings. The summed E-state index contributed by atoms with van der Waals surface area (Å²) in [5.74, 6) is 0.213. The molecule has 0 aliphatic heterocycles. The van der Waals surface area contributed by atoms with Crippen LogP contribution in [0.2, 0.25) is 5.02 Å². The highest BCUT2D eigenvalue weighted by atomic mass is 35.5. The van der Waals surface area contributed by atoms with Crippen LogP contribution in [-0.4, -0.2) is 33.5 Å². The molecule has 0 saturated carbocycles. The molecule has 140 valence electrons. The van der Waals surface area contributed by atoms with Gasteiger partial charge >= 0.3 is 0 Å². The summed E-state index contributed by atoms with van der Waals surface area (Å²) >= 11 is 5.93. The van der Waals surface area contributed by atoms with Gasteiger partial charge in [-0.05, 0) is 49.2 Å². The largest absolute Gasteiger partial charge is 0.503 e. The molecule has 2 rings (SSSR count). The van der Waals surface area contributed by atoms with Gasteiger partial charge in [-0.2, -0.15) is 18.4 Å². The summed E-state index contributed by atoms with van der Waals surface area (Å²) in [6, 6.07) is 7.73. The third kappa shape index (κ3) is 4.59. The topological polar surface area (TPSA) is 97.2 Å². The Morgan fingerprint density at radius 3 is 2.65 bits per heavy atom. The number of ether oxygens (including phenoxy) is 2. The van der Waals surface area contributed by atoms with Crippen LogP contribution in [0.3, 0.4) is 0 Å². The van der Waals surface area contributed by atoms with E-state index < -0.39 is 10.0 Å². The molecule has 0 unspecified atom stereocenters. The van der Waals surface area contributed by atoms with Gasteiger partial charge in [0.15, 0.2) is 11.5 Å². The van der Waals surface area contributed by atoms with Gasteiger partial charge < -0.3 is 14.6 Å². The summed E-state index contributed by atoms with van der Waals surface area (Å²) in [6.07, 6.45) is 1.26. The van der Waals surface area contributed by atoms with Crippen molar-refractivity contribution in [3.05, 3.63) is 46.5 Å². The van der Waals surface area contributed by atoms with Gasteiger partial charge in [-0.15, -0.1) is 0 Å². The summed E-state index contributed by atoms with van der Waals surface area (Å²) in [7, 11) is -2.53. The molecule has 2 N–H and O–H groups in total. The molecular formula is C17H19ClN2O5S. The molecule has 0 radical (unpaired) electrons. The lowest BCUT2D eigenvalue weighted by atomic mass is 10.2. The van der Waals surface area contributed by atoms with E-state index in [4.69, 9.17) is 21.1 Å². The number of aryl methyl sites for hydroxylation is 1. The molecule has 0 spiro atoms. The van der Waals surface area contributed by atoms with Gasteiger partial charge in [-0.25, -0.2) is 0 Å². The van der Waals surface area contributed by atoms with Crippen LogP contribution in [0.5, 0.6) is 17.2 Å². The maximum Gasteiger partial charge on any atom is 0.280 e. The number of rotatable bonds is 7. The number of hydrogen-bond acceptors (Lipinski definition) is 6. The van der Waals surface area contributed by atoms with Crippen LogP contribution in [0.4, 0.5) is 0 Å². The minimum atomic E-state index is -3.92. The fourth-order valence-corrected chi connectivity index (χ4v) is 3.41. The number of hydrogen-bond donors (Lipinski definition) is 2. The van der Waals surface area contributed by atoms with Crippen molar-refractivity contribution in [1.82, 2.24) is 4.83 Å². The van der Waals surface area contributed by atoms with Crippen molar-refractivity contribution in [2.75, 3.05) is 13.7 Å². The predicted octanol–water partition coefficient (Wildman–Crippen LogP) is 3.07. The van der Waals surface area contributed by atoms with E-state index in [9.17, 15) is 13.5 Å². The Kier molecular flexibility index (Phi) is 6.33. The van der Waals surface area contributed by atoms with Crippen LogP contribution in [0, 0.1) is 6.92 Å². The zero-order valence-electron chi connectivity index (χ0n) is 14.5. The molecule has 26 heavy (non-hydrogen) atoms. The molecule has 0 aromatic heterocycles. The molecular weight excluding hydrogens is 380 g/mol. The first-order valence-electron chi connectivity index (χ1n) is 7.63. The summed E-state index contributed by atoms with van der Waals surface area (Å²) in [5.41, 5.74) is 1.22. The molecule has 0 bridgehead atoms. The molecule has 0 atom stereocenters. The van der Waals surface area contributed by atoms with Crippen LogP contribution < -0.4 is 14.3 Å². The molecule has 9 heteroatoms. The van der Waals surface area contributed by atoms with Crippen LogP contribution in [-0.2, 0) is 10.0 Å². The standard InChI is InChI=1S/C17H19ClN2O5S/c1-4-25-15-9-12(8-13(18)17(15)21)10-19-20-26(22,23)16-7-11(2)5-6-14(16)24-3/h5-10,20-21H,4H2,1-3H3/b19-10+. The number of phenolic OH excluding ortho intramolecular Hbond substituents is 1. The Morgan fingerprint density at radius 2 is 2.00 bits per heavy atom. The van der Waals surface area contributed by atoms with E-state index >= 15 is 0 Å². The number of aromatic hydroxyl groups is 1. The van der Waals surface area contributed by atoms with Gasteiger partial charge in [-0.1, -0.05) is 17.7 Å². The van der Waals surface area contributed by atoms with E-state index in [0.717, 1.165) is 5.56 Å². The van der Waals surface area contributed by atoms with Crippen molar-refractivity contribution in [1.29, 1.82) is 0 Å². The van der Waals surface area contributed by atoms with E-state index in [0.29, 0.717) is 12.2 Å². The van der Waals surface area contributed by atoms with Gasteiger partial charge in [0.2, 0.25) is 0 Å². The smallest absolute Gasteiger partial charge is 0.280 e. The number of hydrazone groups is 1. The molecule has 2 aromatic rings. The lowest BCUT2D eigenvalue weighted by Gasteiger charge is -2.10. The second-order valence-corrected chi connectivity index (χ2v) is 7.33. The van der Waals surface area contributed by atoms with E-state index in [2.05, 4.69) is 9.93 Å². The molecule has 0 fully saturated rings. The zero-order chi connectivity index (χ0) is 19.3. The van der Waals surface area contributed by atoms with Crippen LogP contribution in [0.15, 0.2) is 40.3 Å². The van der Waals surface area contributed by atoms with Crippen molar-refractivity contribution >= 4 is 27.8 Å². The molecule has 0 aliphatic carbocycles. The fraction of sp³-hybridized carbons (Fsp3) is 0.235. The third-order valence-corrected chi connectivity index (χ3v) is 4.88. The average molecular weight is 399 g/mol. The lowest BCUT2D eigenvalue weighted by Crippen LogP contribution is -2.19. The predicted molar refractivity (Wildman–Crippen MR) is 99.9 cm³/mol. The molecule has 0 saturated heterocycles. The van der Waals surface area contributed by atoms with Crippen molar-refractivity contribution in [2.45, 2.75) is 18.7 Å². The number of nitrogens with one attached hydrogen (secondary N) is 1. The lowest BCUT2D eigenvalue weighted by molar-refractivity contribution is 0.318. The highest BCUT2D eigenvalue weighted by Gasteiger charge is 2.19. The Hall–Kier alpha value is -2.45. The minimum absolute atomic E-state index is 0.0177. The molecule has 7 nitrogen and oxygen atoms in total. The average Bonchev–Trinajstić information content (AvgIpc) is 2.59. The van der Waals surface area contributed by atoms with Gasteiger partial charge in [0.05, 0.1) is 25.0 Å². The van der Waals surface area contributed by atoms with E-state index in [1.807, 2.05) is 0 Å². The summed E-state index contributed by atoms with van der Waals surface area (Å²) < 4.78 is 35.3. The van der Waals surface area contributed by atoms with Crippen LogP contribution >= 0.6 is 11.6 Å². The number of halogens is 1.